The third kappa shape index (κ3) is 2.60. The fourth-order valence-electron chi connectivity index (χ4n) is 4.81. The first-order chi connectivity index (χ1) is 14.5. The summed E-state index contributed by atoms with van der Waals surface area (Å²) in [6.07, 6.45) is 0. The molecule has 0 heterocycles. The van der Waals surface area contributed by atoms with Crippen LogP contribution in [-0.4, -0.2) is 0 Å². The largest absolute Gasteiger partial charge is 0.0616 e. The molecule has 0 aliphatic carbocycles. The molecule has 6 aromatic rings. The Hall–Kier alpha value is -3.38. The van der Waals surface area contributed by atoms with Gasteiger partial charge in [-0.05, 0) is 83.4 Å². The van der Waals surface area contributed by atoms with Crippen LogP contribution in [0.15, 0.2) is 91.0 Å². The summed E-state index contributed by atoms with van der Waals surface area (Å²) >= 11 is 0. The van der Waals surface area contributed by atoms with Gasteiger partial charge in [-0.25, -0.2) is 0 Å². The lowest BCUT2D eigenvalue weighted by Gasteiger charge is -2.21. The summed E-state index contributed by atoms with van der Waals surface area (Å²) in [7, 11) is 0. The molecule has 6 aromatic carbocycles. The van der Waals surface area contributed by atoms with Crippen LogP contribution < -0.4 is 0 Å². The number of hydrogen-bond acceptors (Lipinski definition) is 0. The normalized spacial score (nSPS) is 12.5. The maximum atomic E-state index is 2.37. The highest BCUT2D eigenvalue weighted by molar-refractivity contribution is 6.24. The molecule has 0 aliphatic rings. The van der Waals surface area contributed by atoms with Crippen molar-refractivity contribution in [3.63, 3.8) is 0 Å². The lowest BCUT2D eigenvalue weighted by atomic mass is 9.83. The Morgan fingerprint density at radius 2 is 0.900 bits per heavy atom. The molecule has 30 heavy (non-hydrogen) atoms. The van der Waals surface area contributed by atoms with Gasteiger partial charge in [0.2, 0.25) is 0 Å². The van der Waals surface area contributed by atoms with Gasteiger partial charge in [-0.2, -0.15) is 0 Å². The van der Waals surface area contributed by atoms with Crippen molar-refractivity contribution in [1.82, 2.24) is 0 Å². The Balaban J connectivity index is 1.62. The molecule has 0 aliphatic heterocycles. The average molecular weight is 385 g/mol. The maximum absolute atomic E-state index is 2.37. The van der Waals surface area contributed by atoms with Crippen molar-refractivity contribution in [3.05, 3.63) is 96.6 Å². The van der Waals surface area contributed by atoms with Crippen molar-refractivity contribution in [2.45, 2.75) is 26.2 Å². The molecule has 0 bridgehead atoms. The van der Waals surface area contributed by atoms with Crippen LogP contribution in [-0.2, 0) is 5.41 Å². The minimum atomic E-state index is 0.147. The van der Waals surface area contributed by atoms with Gasteiger partial charge in [0.05, 0.1) is 0 Å². The van der Waals surface area contributed by atoms with Crippen LogP contribution in [0.1, 0.15) is 26.3 Å². The summed E-state index contributed by atoms with van der Waals surface area (Å²) in [6.45, 7) is 6.86. The van der Waals surface area contributed by atoms with Gasteiger partial charge in [-0.3, -0.25) is 0 Å². The molecule has 0 unspecified atom stereocenters. The molecule has 0 heteroatoms. The monoisotopic (exact) mass is 384 g/mol. The zero-order valence-electron chi connectivity index (χ0n) is 17.7. The van der Waals surface area contributed by atoms with Crippen molar-refractivity contribution in [1.29, 1.82) is 0 Å². The van der Waals surface area contributed by atoms with Crippen LogP contribution in [0.4, 0.5) is 0 Å². The van der Waals surface area contributed by atoms with Gasteiger partial charge in [0.1, 0.15) is 0 Å². The predicted octanol–water partition coefficient (Wildman–Crippen LogP) is 8.70. The minimum absolute atomic E-state index is 0.147. The topological polar surface area (TPSA) is 0 Å². The Morgan fingerprint density at radius 3 is 1.47 bits per heavy atom. The van der Waals surface area contributed by atoms with Gasteiger partial charge in [0, 0.05) is 0 Å². The van der Waals surface area contributed by atoms with Gasteiger partial charge in [-0.15, -0.1) is 0 Å². The summed E-state index contributed by atoms with van der Waals surface area (Å²) in [5.74, 6) is 0. The molecule has 0 saturated heterocycles. The second-order valence-electron chi connectivity index (χ2n) is 9.54. The van der Waals surface area contributed by atoms with Crippen LogP contribution >= 0.6 is 0 Å². The Morgan fingerprint density at radius 1 is 0.433 bits per heavy atom. The van der Waals surface area contributed by atoms with Crippen LogP contribution in [0.5, 0.6) is 0 Å². The summed E-state index contributed by atoms with van der Waals surface area (Å²) in [5, 5.41) is 10.7. The smallest absolute Gasteiger partial charge is 0.00264 e. The molecular weight excluding hydrogens is 360 g/mol. The maximum Gasteiger partial charge on any atom is -0.00264 e. The molecule has 0 N–H and O–H groups in total. The van der Waals surface area contributed by atoms with Gasteiger partial charge in [-0.1, -0.05) is 93.6 Å². The molecule has 6 rings (SSSR count). The van der Waals surface area contributed by atoms with Gasteiger partial charge < -0.3 is 0 Å². The van der Waals surface area contributed by atoms with E-state index in [0.29, 0.717) is 0 Å². The van der Waals surface area contributed by atoms with E-state index in [-0.39, 0.29) is 5.41 Å². The molecule has 0 amide bonds. The van der Waals surface area contributed by atoms with Crippen LogP contribution in [0.25, 0.3) is 54.2 Å². The highest BCUT2D eigenvalue weighted by atomic mass is 14.2. The second-order valence-corrected chi connectivity index (χ2v) is 9.54. The van der Waals surface area contributed by atoms with Crippen molar-refractivity contribution < 1.29 is 0 Å². The van der Waals surface area contributed by atoms with Crippen LogP contribution in [0.3, 0.4) is 0 Å². The number of hydrogen-bond donors (Lipinski definition) is 0. The first-order valence-corrected chi connectivity index (χ1v) is 10.7. The van der Waals surface area contributed by atoms with Crippen molar-refractivity contribution in [3.8, 4) is 11.1 Å². The van der Waals surface area contributed by atoms with Gasteiger partial charge in [0.15, 0.2) is 0 Å². The van der Waals surface area contributed by atoms with E-state index >= 15 is 0 Å². The van der Waals surface area contributed by atoms with Crippen molar-refractivity contribution in [2.24, 2.45) is 0 Å². The summed E-state index contributed by atoms with van der Waals surface area (Å²) in [6, 6.07) is 34.0. The van der Waals surface area contributed by atoms with E-state index in [1.54, 1.807) is 0 Å². The third-order valence-electron chi connectivity index (χ3n) is 6.48. The predicted molar refractivity (Wildman–Crippen MR) is 132 cm³/mol. The molecule has 0 nitrogen and oxygen atoms in total. The Labute approximate surface area is 177 Å². The summed E-state index contributed by atoms with van der Waals surface area (Å²) in [5.41, 5.74) is 4.09. The molecular formula is C30H24. The molecule has 0 saturated carbocycles. The first kappa shape index (κ1) is 17.5. The fourth-order valence-corrected chi connectivity index (χ4v) is 4.81. The molecule has 0 aromatic heterocycles. The zero-order chi connectivity index (χ0) is 20.5. The van der Waals surface area contributed by atoms with E-state index in [9.17, 15) is 0 Å². The van der Waals surface area contributed by atoms with Gasteiger partial charge in [0.25, 0.3) is 0 Å². The Bertz CT molecular complexity index is 1490. The second kappa shape index (κ2) is 6.06. The van der Waals surface area contributed by atoms with E-state index in [2.05, 4.69) is 112 Å². The Kier molecular flexibility index (Phi) is 3.53. The number of rotatable bonds is 1. The fraction of sp³-hybridized carbons (Fsp3) is 0.133. The highest BCUT2D eigenvalue weighted by Gasteiger charge is 2.17. The quantitative estimate of drug-likeness (QED) is 0.249. The van der Waals surface area contributed by atoms with Gasteiger partial charge >= 0.3 is 0 Å². The van der Waals surface area contributed by atoms with E-state index in [4.69, 9.17) is 0 Å². The molecule has 0 radical (unpaired) electrons. The third-order valence-corrected chi connectivity index (χ3v) is 6.48. The lowest BCUT2D eigenvalue weighted by Crippen LogP contribution is -2.10. The summed E-state index contributed by atoms with van der Waals surface area (Å²) in [4.78, 5) is 0. The molecule has 0 atom stereocenters. The number of fused-ring (bicyclic) bond motifs is 1. The zero-order valence-corrected chi connectivity index (χ0v) is 17.7. The van der Waals surface area contributed by atoms with Crippen molar-refractivity contribution in [2.75, 3.05) is 0 Å². The first-order valence-electron chi connectivity index (χ1n) is 10.7. The van der Waals surface area contributed by atoms with E-state index in [1.807, 2.05) is 0 Å². The average Bonchev–Trinajstić information content (AvgIpc) is 2.76. The SMILES string of the molecule is CC(C)(C)c1cc2ccc3cc(-c4ccc5ccccc5c4)cc4ccc(c1)c2c34. The summed E-state index contributed by atoms with van der Waals surface area (Å²) < 4.78 is 0. The van der Waals surface area contributed by atoms with Crippen LogP contribution in [0, 0.1) is 0 Å². The lowest BCUT2D eigenvalue weighted by molar-refractivity contribution is 0.591. The van der Waals surface area contributed by atoms with Crippen molar-refractivity contribution >= 4 is 43.1 Å². The minimum Gasteiger partial charge on any atom is -0.0616 e. The van der Waals surface area contributed by atoms with E-state index in [0.717, 1.165) is 0 Å². The van der Waals surface area contributed by atoms with E-state index < -0.39 is 0 Å². The van der Waals surface area contributed by atoms with Crippen LogP contribution in [0.2, 0.25) is 0 Å². The molecule has 144 valence electrons. The standard InChI is InChI=1S/C30H24/c1-30(2,3)27-17-24-12-10-22-15-26(16-23-11-13-25(18-27)29(24)28(22)23)21-9-8-19-6-4-5-7-20(19)14-21/h4-18H,1-3H3. The van der Waals surface area contributed by atoms with E-state index in [1.165, 1.54) is 59.8 Å². The number of benzene rings is 6. The molecule has 0 spiro atoms. The highest BCUT2D eigenvalue weighted by Crippen LogP contribution is 2.39. The molecule has 0 fully saturated rings.